The molecule has 1 heterocycles. The second-order valence-electron chi connectivity index (χ2n) is 2.76. The summed E-state index contributed by atoms with van der Waals surface area (Å²) >= 11 is 1.41. The lowest BCUT2D eigenvalue weighted by molar-refractivity contribution is -0.388. The van der Waals surface area contributed by atoms with E-state index < -0.39 is 22.7 Å². The fourth-order valence-corrected chi connectivity index (χ4v) is 1.68. The first-order valence-electron chi connectivity index (χ1n) is 4.04. The van der Waals surface area contributed by atoms with Crippen molar-refractivity contribution in [3.05, 3.63) is 25.6 Å². The van der Waals surface area contributed by atoms with Gasteiger partial charge in [-0.3, -0.25) is 10.1 Å². The van der Waals surface area contributed by atoms with Gasteiger partial charge < -0.3 is 10.5 Å². The smallest absolute Gasteiger partial charge is 0.396 e. The van der Waals surface area contributed by atoms with Crippen molar-refractivity contribution in [2.45, 2.75) is 12.9 Å². The number of nitrogens with two attached hydrogens (primary N) is 1. The summed E-state index contributed by atoms with van der Waals surface area (Å²) in [6.07, 6.45) is -5.02. The summed E-state index contributed by atoms with van der Waals surface area (Å²) in [6, 6.07) is 0.850. The van der Waals surface area contributed by atoms with Gasteiger partial charge in [0.1, 0.15) is 0 Å². The van der Waals surface area contributed by atoms with E-state index in [1.54, 1.807) is 0 Å². The maximum atomic E-state index is 12.0. The van der Waals surface area contributed by atoms with Gasteiger partial charge in [-0.1, -0.05) is 0 Å². The molecule has 2 N–H and O–H groups in total. The molecule has 0 unspecified atom stereocenters. The zero-order chi connectivity index (χ0) is 13.2. The molecule has 0 fully saturated rings. The van der Waals surface area contributed by atoms with Crippen molar-refractivity contribution in [2.24, 2.45) is 5.73 Å². The Morgan fingerprint density at radius 3 is 2.59 bits per heavy atom. The van der Waals surface area contributed by atoms with E-state index in [1.165, 1.54) is 22.6 Å². The van der Waals surface area contributed by atoms with Gasteiger partial charge in [0, 0.05) is 12.6 Å². The van der Waals surface area contributed by atoms with Crippen LogP contribution in [0.4, 0.5) is 18.9 Å². The molecule has 6 nitrogen and oxygen atoms in total. The van der Waals surface area contributed by atoms with E-state index in [4.69, 9.17) is 5.73 Å². The third-order valence-electron chi connectivity index (χ3n) is 1.59. The minimum absolute atomic E-state index is 0.107. The molecule has 0 aromatic carbocycles. The van der Waals surface area contributed by atoms with Crippen LogP contribution in [0, 0.1) is 13.8 Å². The molecule has 1 rings (SSSR count). The van der Waals surface area contributed by atoms with Crippen LogP contribution in [0.3, 0.4) is 0 Å². The van der Waals surface area contributed by atoms with Crippen LogP contribution in [0.5, 0.6) is 5.75 Å². The van der Waals surface area contributed by atoms with E-state index in [1.807, 2.05) is 0 Å². The van der Waals surface area contributed by atoms with Crippen molar-refractivity contribution < 1.29 is 22.8 Å². The summed E-state index contributed by atoms with van der Waals surface area (Å²) < 4.78 is 39.4. The lowest BCUT2D eigenvalue weighted by Crippen LogP contribution is -2.19. The molecule has 0 aliphatic carbocycles. The van der Waals surface area contributed by atoms with Crippen molar-refractivity contribution in [2.75, 3.05) is 0 Å². The molecule has 0 aliphatic rings. The summed E-state index contributed by atoms with van der Waals surface area (Å²) in [5, 5.41) is 10.6. The maximum absolute atomic E-state index is 12.0. The van der Waals surface area contributed by atoms with Crippen LogP contribution in [0.25, 0.3) is 0 Å². The van der Waals surface area contributed by atoms with E-state index in [2.05, 4.69) is 9.72 Å². The molecule has 0 spiro atoms. The number of hydrogen-bond donors (Lipinski definition) is 1. The fraction of sp³-hybridized carbons (Fsp3) is 0.286. The molecule has 0 saturated carbocycles. The minimum Gasteiger partial charge on any atom is -0.396 e. The highest BCUT2D eigenvalue weighted by atomic mass is 127. The highest BCUT2D eigenvalue weighted by Gasteiger charge is 2.36. The normalized spacial score (nSPS) is 11.4. The van der Waals surface area contributed by atoms with Crippen molar-refractivity contribution in [3.8, 4) is 5.75 Å². The Labute approximate surface area is 106 Å². The number of alkyl halides is 3. The molecule has 1 aromatic rings. The van der Waals surface area contributed by atoms with Gasteiger partial charge in [0.05, 0.1) is 10.6 Å². The van der Waals surface area contributed by atoms with Crippen LogP contribution in [0.2, 0.25) is 0 Å². The molecule has 0 bridgehead atoms. The number of aromatic nitrogens is 1. The molecule has 0 saturated heterocycles. The average Bonchev–Trinajstić information content (AvgIpc) is 2.18. The quantitative estimate of drug-likeness (QED) is 0.384. The molecule has 17 heavy (non-hydrogen) atoms. The van der Waals surface area contributed by atoms with Gasteiger partial charge in [-0.25, -0.2) is 4.98 Å². The van der Waals surface area contributed by atoms with E-state index in [9.17, 15) is 23.3 Å². The van der Waals surface area contributed by atoms with Crippen LogP contribution < -0.4 is 10.5 Å². The molecular formula is C7H5F3IN3O3. The van der Waals surface area contributed by atoms with Gasteiger partial charge in [-0.05, 0) is 22.6 Å². The third kappa shape index (κ3) is 3.66. The number of hydrogen-bond acceptors (Lipinski definition) is 5. The summed E-state index contributed by atoms with van der Waals surface area (Å²) in [6.45, 7) is -0.122. The maximum Gasteiger partial charge on any atom is 0.573 e. The lowest BCUT2D eigenvalue weighted by atomic mass is 10.3. The Hall–Kier alpha value is -1.17. The van der Waals surface area contributed by atoms with E-state index in [-0.39, 0.29) is 15.9 Å². The topological polar surface area (TPSA) is 91.3 Å². The van der Waals surface area contributed by atoms with Crippen molar-refractivity contribution in [1.29, 1.82) is 0 Å². The standard InChI is InChI=1S/C7H5F3IN3O3/c8-7(9,10)17-5-4(14(15)16)1-3(2-12)13-6(5)11/h1H,2,12H2. The van der Waals surface area contributed by atoms with Crippen LogP contribution in [-0.4, -0.2) is 16.3 Å². The monoisotopic (exact) mass is 363 g/mol. The number of ether oxygens (including phenoxy) is 1. The van der Waals surface area contributed by atoms with Gasteiger partial charge in [-0.2, -0.15) is 0 Å². The predicted molar refractivity (Wildman–Crippen MR) is 58.2 cm³/mol. The molecule has 0 atom stereocenters. The number of nitro groups is 1. The van der Waals surface area contributed by atoms with Crippen molar-refractivity contribution in [3.63, 3.8) is 0 Å². The Morgan fingerprint density at radius 2 is 2.18 bits per heavy atom. The van der Waals surface area contributed by atoms with Crippen molar-refractivity contribution >= 4 is 28.3 Å². The Morgan fingerprint density at radius 1 is 1.59 bits per heavy atom. The molecule has 0 amide bonds. The van der Waals surface area contributed by atoms with E-state index >= 15 is 0 Å². The first-order chi connectivity index (χ1) is 7.74. The van der Waals surface area contributed by atoms with Gasteiger partial charge in [0.15, 0.2) is 3.70 Å². The summed E-state index contributed by atoms with van der Waals surface area (Å²) in [5.41, 5.74) is 4.50. The Kier molecular flexibility index (Phi) is 4.08. The SMILES string of the molecule is NCc1cc([N+](=O)[O-])c(OC(F)(F)F)c(I)n1. The molecule has 1 aromatic heterocycles. The highest BCUT2D eigenvalue weighted by molar-refractivity contribution is 14.1. The molecule has 0 aliphatic heterocycles. The first kappa shape index (κ1) is 13.9. The number of rotatable bonds is 3. The van der Waals surface area contributed by atoms with Gasteiger partial charge >= 0.3 is 12.0 Å². The fourth-order valence-electron chi connectivity index (χ4n) is 0.988. The van der Waals surface area contributed by atoms with E-state index in [0.29, 0.717) is 0 Å². The van der Waals surface area contributed by atoms with Crippen LogP contribution in [0.1, 0.15) is 5.69 Å². The highest BCUT2D eigenvalue weighted by Crippen LogP contribution is 2.35. The van der Waals surface area contributed by atoms with Gasteiger partial charge in [-0.15, -0.1) is 13.2 Å². The third-order valence-corrected chi connectivity index (χ3v) is 2.32. The largest absolute Gasteiger partial charge is 0.573 e. The summed E-state index contributed by atoms with van der Waals surface area (Å²) in [4.78, 5) is 13.3. The summed E-state index contributed by atoms with van der Waals surface area (Å²) in [5.74, 6) is -0.930. The van der Waals surface area contributed by atoms with Crippen LogP contribution >= 0.6 is 22.6 Å². The van der Waals surface area contributed by atoms with Gasteiger partial charge in [0.25, 0.3) is 0 Å². The van der Waals surface area contributed by atoms with Crippen molar-refractivity contribution in [1.82, 2.24) is 4.98 Å². The van der Waals surface area contributed by atoms with Crippen LogP contribution in [0.15, 0.2) is 6.07 Å². The summed E-state index contributed by atoms with van der Waals surface area (Å²) in [7, 11) is 0. The second kappa shape index (κ2) is 5.00. The zero-order valence-electron chi connectivity index (χ0n) is 7.99. The second-order valence-corrected chi connectivity index (χ2v) is 3.78. The molecule has 94 valence electrons. The molecule has 10 heteroatoms. The molecular weight excluding hydrogens is 358 g/mol. The lowest BCUT2D eigenvalue weighted by Gasteiger charge is -2.11. The number of nitrogens with zero attached hydrogens (tertiary/aromatic N) is 2. The minimum atomic E-state index is -5.02. The molecule has 0 radical (unpaired) electrons. The predicted octanol–water partition coefficient (Wildman–Crippen LogP) is 1.95. The number of pyridine rings is 1. The zero-order valence-corrected chi connectivity index (χ0v) is 10.2. The number of halogens is 4. The first-order valence-corrected chi connectivity index (χ1v) is 5.12. The van der Waals surface area contributed by atoms with Crippen LogP contribution in [-0.2, 0) is 6.54 Å². The Balaban J connectivity index is 3.32. The van der Waals surface area contributed by atoms with E-state index in [0.717, 1.165) is 6.07 Å². The van der Waals surface area contributed by atoms with Gasteiger partial charge in [0.2, 0.25) is 5.75 Å². The Bertz CT molecular complexity index is 452. The average molecular weight is 363 g/mol.